The summed E-state index contributed by atoms with van der Waals surface area (Å²) in [5.41, 5.74) is -40.7. The van der Waals surface area contributed by atoms with Gasteiger partial charge in [-0.2, -0.15) is 246 Å². The molecule has 0 spiro atoms. The summed E-state index contributed by atoms with van der Waals surface area (Å²) >= 11 is 44.5. The molecule has 0 atom stereocenters. The molecular formula is C46Cl10F76Si5. The van der Waals surface area contributed by atoms with Crippen molar-refractivity contribution in [3.05, 3.63) is 110 Å². The summed E-state index contributed by atoms with van der Waals surface area (Å²) < 4.78 is 979. The smallest absolute Gasteiger partial charge is 0.208 e. The molecular weight excluding hydrogens is 2490 g/mol. The van der Waals surface area contributed by atoms with Crippen LogP contribution in [0.5, 0.6) is 0 Å². The Morgan fingerprint density at radius 1 is 0.175 bits per heavy atom. The number of hydrogen-bond acceptors (Lipinski definition) is 0. The molecule has 0 saturated carbocycles. The molecule has 0 radical (unpaired) electrons. The normalized spacial score (nSPS) is 14.9. The summed E-state index contributed by atoms with van der Waals surface area (Å²) in [6, 6.07) is 0. The van der Waals surface area contributed by atoms with Crippen LogP contribution < -0.4 is 10.4 Å². The Kier molecular flexibility index (Phi) is 40.5. The van der Waals surface area contributed by atoms with Crippen LogP contribution in [0.25, 0.3) is 5.83 Å². The minimum absolute atomic E-state index is 2.20. The van der Waals surface area contributed by atoms with Crippen LogP contribution in [0.15, 0.2) is 52.2 Å². The lowest BCUT2D eigenvalue weighted by Crippen LogP contribution is -2.80. The van der Waals surface area contributed by atoms with Crippen LogP contribution in [-0.2, 0) is 0 Å². The van der Waals surface area contributed by atoms with Crippen molar-refractivity contribution in [2.75, 3.05) is 0 Å². The number of benzene rings is 2. The van der Waals surface area contributed by atoms with Gasteiger partial charge in [-0.3, -0.25) is 0 Å². The second kappa shape index (κ2) is 40.6. The van der Waals surface area contributed by atoms with E-state index in [0.29, 0.717) is 0 Å². The van der Waals surface area contributed by atoms with Crippen LogP contribution >= 0.6 is 111 Å². The molecule has 0 bridgehead atoms. The Morgan fingerprint density at radius 3 is 0.526 bits per heavy atom. The van der Waals surface area contributed by atoms with E-state index in [-0.39, 0.29) is 0 Å². The molecule has 0 nitrogen and oxygen atoms in total. The van der Waals surface area contributed by atoms with Crippen LogP contribution in [-0.4, -0.2) is 170 Å². The summed E-state index contributed by atoms with van der Waals surface area (Å²) in [4.78, 5) is 0. The molecule has 2 rings (SSSR count). The topological polar surface area (TPSA) is 0 Å². The van der Waals surface area contributed by atoms with E-state index >= 15 is 0 Å². The lowest BCUT2D eigenvalue weighted by atomic mass is 9.91. The van der Waals surface area contributed by atoms with Gasteiger partial charge in [0.25, 0.3) is 29.4 Å². The van der Waals surface area contributed by atoms with Crippen molar-refractivity contribution in [2.45, 2.75) is 142 Å². The van der Waals surface area contributed by atoms with Gasteiger partial charge in [0.2, 0.25) is 11.6 Å². The number of hydrogen-bond donors (Lipinski definition) is 0. The predicted octanol–water partition coefficient (Wildman–Crippen LogP) is 33.1. The molecule has 137 heavy (non-hydrogen) atoms. The second-order valence-corrected chi connectivity index (χ2v) is 54.2. The van der Waals surface area contributed by atoms with Crippen molar-refractivity contribution in [3.63, 3.8) is 0 Å². The molecule has 2 aromatic rings. The molecule has 0 aliphatic carbocycles. The van der Waals surface area contributed by atoms with Gasteiger partial charge in [0.05, 0.1) is 15.9 Å². The summed E-state index contributed by atoms with van der Waals surface area (Å²) in [5, 5.41) is -11.5. The van der Waals surface area contributed by atoms with Crippen molar-refractivity contribution in [1.82, 2.24) is 0 Å². The van der Waals surface area contributed by atoms with E-state index in [9.17, 15) is 334 Å². The average molecular weight is 2490 g/mol. The highest BCUT2D eigenvalue weighted by atomic mass is 35.7. The molecule has 91 heteroatoms. The van der Waals surface area contributed by atoms with Crippen molar-refractivity contribution in [2.24, 2.45) is 0 Å². The molecule has 0 aliphatic rings. The lowest BCUT2D eigenvalue weighted by Gasteiger charge is -2.46. The Labute approximate surface area is 743 Å². The first kappa shape index (κ1) is 137. The third-order valence-electron chi connectivity index (χ3n) is 14.8. The zero-order chi connectivity index (χ0) is 113. The van der Waals surface area contributed by atoms with Crippen LogP contribution in [0.3, 0.4) is 0 Å². The molecule has 806 valence electrons. The Hall–Kier alpha value is -4.20. The van der Waals surface area contributed by atoms with Gasteiger partial charge < -0.3 is 0 Å². The molecule has 0 aliphatic heterocycles. The Bertz CT molecular complexity index is 4620. The van der Waals surface area contributed by atoms with Gasteiger partial charge in [0.1, 0.15) is 0 Å². The molecule has 0 N–H and O–H groups in total. The van der Waals surface area contributed by atoms with E-state index in [1.165, 1.54) is 0 Å². The first-order valence-electron chi connectivity index (χ1n) is 28.3. The maximum absolute atomic E-state index is 14.2. The molecule has 2 aromatic carbocycles. The fourth-order valence-corrected chi connectivity index (χ4v) is 22.0. The van der Waals surface area contributed by atoms with Gasteiger partial charge in [-0.1, -0.05) is 0 Å². The van der Waals surface area contributed by atoms with Crippen LogP contribution in [0, 0.1) is 52.4 Å². The minimum atomic E-state index is -9.92. The molecule has 0 fully saturated rings. The van der Waals surface area contributed by atoms with Crippen molar-refractivity contribution in [3.8, 4) is 0 Å². The second-order valence-electron chi connectivity index (χ2n) is 23.2. The fraction of sp³-hybridized carbons (Fsp3) is 0.522. The number of halogens is 86. The zero-order valence-corrected chi connectivity index (χ0v) is 70.6. The van der Waals surface area contributed by atoms with Crippen LogP contribution in [0.2, 0.25) is 5.04 Å². The van der Waals surface area contributed by atoms with Gasteiger partial charge in [-0.15, -0.1) is 111 Å². The van der Waals surface area contributed by atoms with Crippen LogP contribution in [0.1, 0.15) is 5.56 Å². The highest BCUT2D eigenvalue weighted by molar-refractivity contribution is 7.56. The molecule has 0 saturated heterocycles. The van der Waals surface area contributed by atoms with Crippen LogP contribution in [0.4, 0.5) is 334 Å². The third kappa shape index (κ3) is 21.7. The number of rotatable bonds is 25. The summed E-state index contributed by atoms with van der Waals surface area (Å²) in [6.45, 7) is -36.3. The Balaban J connectivity index is -0.00000170. The van der Waals surface area contributed by atoms with E-state index in [0.717, 1.165) is 0 Å². The number of alkyl halides is 52. The quantitative estimate of drug-likeness (QED) is 0.0306. The van der Waals surface area contributed by atoms with E-state index in [1.807, 2.05) is 0 Å². The van der Waals surface area contributed by atoms with Gasteiger partial charge in [-0.05, 0) is 0 Å². The SMILES string of the molecule is FC(F)(F)C(F)(F)C(F)(F)C(F)(F)C(F)(F)C(F)(F)[Si](Cl)(Cl)C(F)(F)C(F)(F)C(F)(F)C(F)(F)C(F)(F)C(F)(F)F.FC(F)=C(F)[Si](Cl)(Cl)C(C(F)(F)F)(C(F)(F)F)C(F)(F)F.FC(F)=C(F)[Si](Cl)(Cl)C(F)(F)C(F)(F)C(F)(F)C(F)(F)C(F)(F)C(F)(F)C(F)(F)C(F)(F)F.FC(F)=C(F)[Si](Cl)(Cl)C(F)=C(F)F.FC(F)=C(F)c1c(F)c(F)c([Si](Cl)(Cl)c2c(F)c(F)c(F)c(F)c2F)c(F)c1F. The minimum Gasteiger partial charge on any atom is -0.208 e. The monoisotopic (exact) mass is 2490 g/mol. The van der Waals surface area contributed by atoms with E-state index in [4.69, 9.17) is 44.3 Å². The van der Waals surface area contributed by atoms with Gasteiger partial charge >= 0.3 is 176 Å². The largest absolute Gasteiger partial charge is 0.460 e. The highest BCUT2D eigenvalue weighted by Crippen LogP contribution is 2.75. The van der Waals surface area contributed by atoms with Gasteiger partial charge in [-0.25, -0.2) is 87.8 Å². The first-order valence-corrected chi connectivity index (χ1v) is 48.4. The maximum atomic E-state index is 14.2. The third-order valence-corrected chi connectivity index (χ3v) is 37.2. The highest BCUT2D eigenvalue weighted by Gasteiger charge is 3.02. The molecule has 0 amide bonds. The van der Waals surface area contributed by atoms with Gasteiger partial charge in [0, 0.05) is 0 Å². The van der Waals surface area contributed by atoms with Gasteiger partial charge in [0.15, 0.2) is 68.3 Å². The Morgan fingerprint density at radius 2 is 0.343 bits per heavy atom. The van der Waals surface area contributed by atoms with Crippen molar-refractivity contribution < 1.29 is 334 Å². The summed E-state index contributed by atoms with van der Waals surface area (Å²) in [5.74, 6) is -152. The maximum Gasteiger partial charge on any atom is 0.460 e. The van der Waals surface area contributed by atoms with Crippen molar-refractivity contribution >= 4 is 160 Å². The zero-order valence-electron chi connectivity index (χ0n) is 58.0. The summed E-state index contributed by atoms with van der Waals surface area (Å²) in [6.07, 6.45) is -63.6. The molecule has 0 heterocycles. The van der Waals surface area contributed by atoms with E-state index < -0.39 is 301 Å². The standard InChI is InChI=1S/C14Cl2F12Si.C12Cl2F26Si.C10Cl2F20Si.C6Cl2F12Si.C4Cl2F6Si/c15-29(16,13-10(25)6(21)5(20)7(22)11(13)26)12-8(23)2(17)1(3(18)9(12)24)4(19)14(27)28;13-41(14,11(37,38)7(27,28)3(19,20)1(15,16)5(23,24)9(31,32)33)12(39,40)8(29,30)4(21,22)2(17,18)6(25,26)10(34,35)36;11-33(12,2(15)1(13)14)10(31,32)8(26,27)6(22,23)4(18,19)3(16,17)5(20,21)7(24,25)9(28,29)30;7-21(8,2(11)1(9)10)3(4(12,13)14,5(15,16)17)6(18,19)20;5-13(6,3(11)1(7)8)4(12)2(9)10. The van der Waals surface area contributed by atoms with E-state index in [2.05, 4.69) is 66.5 Å². The predicted molar refractivity (Wildman–Crippen MR) is 314 cm³/mol. The average Bonchev–Trinajstić information content (AvgIpc) is 0.701. The lowest BCUT2D eigenvalue weighted by molar-refractivity contribution is -0.458. The summed E-state index contributed by atoms with van der Waals surface area (Å²) in [7, 11) is 0. The molecule has 0 aromatic heterocycles. The van der Waals surface area contributed by atoms with E-state index in [1.54, 1.807) is 0 Å². The molecule has 0 unspecified atom stereocenters. The first-order chi connectivity index (χ1) is 58.6. The fourth-order valence-electron chi connectivity index (χ4n) is 7.58. The van der Waals surface area contributed by atoms with Crippen molar-refractivity contribution in [1.29, 1.82) is 0 Å².